The summed E-state index contributed by atoms with van der Waals surface area (Å²) in [6, 6.07) is 11.0. The van der Waals surface area contributed by atoms with Crippen LogP contribution in [0.25, 0.3) is 0 Å². The van der Waals surface area contributed by atoms with Crippen molar-refractivity contribution in [3.63, 3.8) is 0 Å². The molecule has 0 saturated carbocycles. The second-order valence-electron chi connectivity index (χ2n) is 4.72. The highest BCUT2D eigenvalue weighted by atomic mass is 32.1. The van der Waals surface area contributed by atoms with Crippen LogP contribution >= 0.6 is 11.3 Å². The van der Waals surface area contributed by atoms with E-state index >= 15 is 0 Å². The number of carbonyl (C=O) groups excluding carboxylic acids is 2. The fourth-order valence-corrected chi connectivity index (χ4v) is 2.43. The summed E-state index contributed by atoms with van der Waals surface area (Å²) in [5, 5.41) is 16.0. The Kier molecular flexibility index (Phi) is 6.12. The summed E-state index contributed by atoms with van der Waals surface area (Å²) in [6.45, 7) is -0.0593. The van der Waals surface area contributed by atoms with Crippen LogP contribution in [0.5, 0.6) is 0 Å². The van der Waals surface area contributed by atoms with Gasteiger partial charge in [-0.25, -0.2) is 4.79 Å². The maximum Gasteiger partial charge on any atom is 0.337 e. The van der Waals surface area contributed by atoms with Crippen molar-refractivity contribution in [1.29, 1.82) is 0 Å². The predicted molar refractivity (Wildman–Crippen MR) is 83.3 cm³/mol. The van der Waals surface area contributed by atoms with Gasteiger partial charge < -0.3 is 15.2 Å². The molecule has 0 spiro atoms. The highest BCUT2D eigenvalue weighted by molar-refractivity contribution is 7.07. The van der Waals surface area contributed by atoms with Crippen LogP contribution in [0.15, 0.2) is 47.2 Å². The first-order valence-electron chi connectivity index (χ1n) is 6.81. The number of esters is 1. The number of carbonyl (C=O) groups is 2. The molecule has 2 rings (SSSR count). The Morgan fingerprint density at radius 1 is 1.18 bits per heavy atom. The van der Waals surface area contributed by atoms with E-state index in [9.17, 15) is 14.7 Å². The minimum Gasteiger partial charge on any atom is -0.459 e. The quantitative estimate of drug-likeness (QED) is 0.759. The van der Waals surface area contributed by atoms with E-state index in [2.05, 4.69) is 5.32 Å². The number of hydrogen-bond acceptors (Lipinski definition) is 5. The lowest BCUT2D eigenvalue weighted by molar-refractivity contribution is -0.154. The van der Waals surface area contributed by atoms with Gasteiger partial charge in [-0.1, -0.05) is 30.3 Å². The molecule has 22 heavy (non-hydrogen) atoms. The van der Waals surface area contributed by atoms with E-state index < -0.39 is 12.1 Å². The molecule has 5 nitrogen and oxygen atoms in total. The van der Waals surface area contributed by atoms with Crippen molar-refractivity contribution >= 4 is 23.2 Å². The van der Waals surface area contributed by atoms with Gasteiger partial charge in [0, 0.05) is 0 Å². The Labute approximate surface area is 132 Å². The normalized spacial score (nSPS) is 11.7. The number of rotatable bonds is 7. The summed E-state index contributed by atoms with van der Waals surface area (Å²) in [5.74, 6) is -0.993. The number of aliphatic hydroxyl groups excluding tert-OH is 1. The molecule has 0 saturated heterocycles. The van der Waals surface area contributed by atoms with Crippen LogP contribution in [0.2, 0.25) is 0 Å². The van der Waals surface area contributed by atoms with Crippen molar-refractivity contribution in [2.75, 3.05) is 6.54 Å². The van der Waals surface area contributed by atoms with Gasteiger partial charge >= 0.3 is 5.97 Å². The zero-order chi connectivity index (χ0) is 15.8. The Morgan fingerprint density at radius 2 is 1.95 bits per heavy atom. The smallest absolute Gasteiger partial charge is 0.337 e. The number of benzene rings is 1. The van der Waals surface area contributed by atoms with Crippen molar-refractivity contribution in [2.24, 2.45) is 0 Å². The van der Waals surface area contributed by atoms with Crippen LogP contribution in [-0.2, 0) is 27.4 Å². The van der Waals surface area contributed by atoms with Gasteiger partial charge in [0.15, 0.2) is 6.10 Å². The Bertz CT molecular complexity index is 598. The molecule has 1 atom stereocenters. The molecule has 0 fully saturated rings. The molecule has 0 aliphatic carbocycles. The van der Waals surface area contributed by atoms with Crippen LogP contribution in [0, 0.1) is 0 Å². The minimum absolute atomic E-state index is 0.0968. The third kappa shape index (κ3) is 5.31. The summed E-state index contributed by atoms with van der Waals surface area (Å²) < 4.78 is 4.99. The van der Waals surface area contributed by atoms with Gasteiger partial charge in [0.25, 0.3) is 0 Å². The van der Waals surface area contributed by atoms with Gasteiger partial charge in [0.05, 0.1) is 13.0 Å². The molecule has 1 amide bonds. The zero-order valence-corrected chi connectivity index (χ0v) is 12.7. The maximum atomic E-state index is 11.6. The van der Waals surface area contributed by atoms with Crippen LogP contribution in [0.4, 0.5) is 0 Å². The molecule has 0 aliphatic heterocycles. The molecule has 0 bridgehead atoms. The topological polar surface area (TPSA) is 75.6 Å². The average Bonchev–Trinajstić information content (AvgIpc) is 3.04. The van der Waals surface area contributed by atoms with E-state index in [4.69, 9.17) is 4.74 Å². The number of hydrogen-bond donors (Lipinski definition) is 2. The molecule has 2 N–H and O–H groups in total. The average molecular weight is 319 g/mol. The second kappa shape index (κ2) is 8.31. The lowest BCUT2D eigenvalue weighted by Gasteiger charge is -2.11. The first-order valence-corrected chi connectivity index (χ1v) is 7.76. The number of ether oxygens (including phenoxy) is 1. The van der Waals surface area contributed by atoms with E-state index in [-0.39, 0.29) is 25.5 Å². The minimum atomic E-state index is -1.37. The van der Waals surface area contributed by atoms with E-state index in [1.54, 1.807) is 0 Å². The Hall–Kier alpha value is -2.18. The fraction of sp³-hybridized carbons (Fsp3) is 0.250. The summed E-state index contributed by atoms with van der Waals surface area (Å²) in [5.41, 5.74) is 1.74. The van der Waals surface area contributed by atoms with Crippen LogP contribution < -0.4 is 5.32 Å². The van der Waals surface area contributed by atoms with Crippen LogP contribution in [-0.4, -0.2) is 29.6 Å². The Morgan fingerprint density at radius 3 is 2.64 bits per heavy atom. The van der Waals surface area contributed by atoms with Gasteiger partial charge in [0.1, 0.15) is 6.61 Å². The second-order valence-corrected chi connectivity index (χ2v) is 5.50. The van der Waals surface area contributed by atoms with Crippen molar-refractivity contribution in [3.8, 4) is 0 Å². The molecule has 1 aromatic heterocycles. The van der Waals surface area contributed by atoms with Crippen molar-refractivity contribution in [2.45, 2.75) is 19.1 Å². The monoisotopic (exact) mass is 319 g/mol. The van der Waals surface area contributed by atoms with Gasteiger partial charge in [-0.3, -0.25) is 4.79 Å². The van der Waals surface area contributed by atoms with Gasteiger partial charge in [0.2, 0.25) is 5.91 Å². The summed E-state index contributed by atoms with van der Waals surface area (Å²) >= 11 is 1.51. The van der Waals surface area contributed by atoms with Crippen LogP contribution in [0.3, 0.4) is 0 Å². The standard InChI is InChI=1S/C16H17NO4S/c18-14(9-17-15(19)8-13-6-7-22-11-13)16(20)21-10-12-4-2-1-3-5-12/h1-7,11,14,18H,8-10H2,(H,17,19)/t14-/m1/s1. The van der Waals surface area contributed by atoms with E-state index in [0.29, 0.717) is 0 Å². The third-order valence-corrected chi connectivity index (χ3v) is 3.67. The number of thiophene rings is 1. The lowest BCUT2D eigenvalue weighted by atomic mass is 10.2. The molecule has 6 heteroatoms. The van der Waals surface area contributed by atoms with Gasteiger partial charge in [-0.2, -0.15) is 11.3 Å². The van der Waals surface area contributed by atoms with Crippen LogP contribution in [0.1, 0.15) is 11.1 Å². The number of aliphatic hydroxyl groups is 1. The van der Waals surface area contributed by atoms with E-state index in [1.807, 2.05) is 47.2 Å². The van der Waals surface area contributed by atoms with E-state index in [1.165, 1.54) is 11.3 Å². The van der Waals surface area contributed by atoms with Gasteiger partial charge in [-0.05, 0) is 28.0 Å². The Balaban J connectivity index is 1.68. The molecule has 0 unspecified atom stereocenters. The first-order chi connectivity index (χ1) is 10.6. The molecule has 2 aromatic rings. The largest absolute Gasteiger partial charge is 0.459 e. The maximum absolute atomic E-state index is 11.6. The van der Waals surface area contributed by atoms with Crippen molar-refractivity contribution in [3.05, 3.63) is 58.3 Å². The number of nitrogens with one attached hydrogen (secondary N) is 1. The molecule has 116 valence electrons. The zero-order valence-electron chi connectivity index (χ0n) is 11.9. The highest BCUT2D eigenvalue weighted by Crippen LogP contribution is 2.06. The fourth-order valence-electron chi connectivity index (χ4n) is 1.76. The first kappa shape index (κ1) is 16.2. The van der Waals surface area contributed by atoms with Crippen molar-refractivity contribution in [1.82, 2.24) is 5.32 Å². The molecular weight excluding hydrogens is 302 g/mol. The SMILES string of the molecule is O=C(Cc1ccsc1)NC[C@@H](O)C(=O)OCc1ccccc1. The summed E-state index contributed by atoms with van der Waals surface area (Å²) in [4.78, 5) is 23.3. The predicted octanol–water partition coefficient (Wildman–Crippen LogP) is 1.51. The highest BCUT2D eigenvalue weighted by Gasteiger charge is 2.17. The van der Waals surface area contributed by atoms with Crippen molar-refractivity contribution < 1.29 is 19.4 Å². The third-order valence-electron chi connectivity index (χ3n) is 2.93. The molecule has 0 aliphatic rings. The van der Waals surface area contributed by atoms with E-state index in [0.717, 1.165) is 11.1 Å². The summed E-state index contributed by atoms with van der Waals surface area (Å²) in [6.07, 6.45) is -1.13. The molecule has 0 radical (unpaired) electrons. The molecule has 1 heterocycles. The molecular formula is C16H17NO4S. The lowest BCUT2D eigenvalue weighted by Crippen LogP contribution is -2.38. The summed E-state index contributed by atoms with van der Waals surface area (Å²) in [7, 11) is 0. The van der Waals surface area contributed by atoms with Gasteiger partial charge in [-0.15, -0.1) is 0 Å². The molecule has 1 aromatic carbocycles. The number of amides is 1.